The quantitative estimate of drug-likeness (QED) is 0.749. The molecule has 0 fully saturated rings. The van der Waals surface area contributed by atoms with Crippen LogP contribution in [0.2, 0.25) is 5.02 Å². The summed E-state index contributed by atoms with van der Waals surface area (Å²) >= 11 is 5.65. The number of halogens is 2. The van der Waals surface area contributed by atoms with Crippen LogP contribution in [0.3, 0.4) is 0 Å². The van der Waals surface area contributed by atoms with Crippen LogP contribution in [0.5, 0.6) is 0 Å². The van der Waals surface area contributed by atoms with Gasteiger partial charge in [-0.1, -0.05) is 24.9 Å². The normalized spacial score (nSPS) is 10.2. The maximum absolute atomic E-state index is 12.9. The molecule has 0 heterocycles. The second-order valence-electron chi connectivity index (χ2n) is 4.01. The molecule has 0 bridgehead atoms. The average Bonchev–Trinajstić information content (AvgIpc) is 2.34. The van der Waals surface area contributed by atoms with E-state index in [1.54, 1.807) is 6.07 Å². The fourth-order valence-electron chi connectivity index (χ4n) is 1.42. The number of benzene rings is 1. The van der Waals surface area contributed by atoms with Crippen LogP contribution in [0.15, 0.2) is 18.2 Å². The number of nitrogens with one attached hydrogen (secondary N) is 2. The number of anilines is 1. The van der Waals surface area contributed by atoms with Gasteiger partial charge in [0, 0.05) is 25.2 Å². The van der Waals surface area contributed by atoms with E-state index in [9.17, 15) is 9.18 Å². The summed E-state index contributed by atoms with van der Waals surface area (Å²) in [5.41, 5.74) is 0.711. The third-order valence-electron chi connectivity index (χ3n) is 2.45. The Bertz CT molecular complexity index is 399. The molecule has 0 saturated carbocycles. The number of hydrogen-bond donors (Lipinski definition) is 2. The third-order valence-corrected chi connectivity index (χ3v) is 2.74. The zero-order valence-electron chi connectivity index (χ0n) is 10.4. The Labute approximate surface area is 112 Å². The van der Waals surface area contributed by atoms with E-state index in [-0.39, 0.29) is 10.9 Å². The minimum absolute atomic E-state index is 0.0177. The van der Waals surface area contributed by atoms with Gasteiger partial charge >= 0.3 is 0 Å². The van der Waals surface area contributed by atoms with Crippen molar-refractivity contribution in [1.82, 2.24) is 5.32 Å². The Morgan fingerprint density at radius 3 is 2.83 bits per heavy atom. The molecule has 0 spiro atoms. The van der Waals surface area contributed by atoms with Gasteiger partial charge in [-0.05, 0) is 24.6 Å². The Morgan fingerprint density at radius 2 is 2.17 bits per heavy atom. The summed E-state index contributed by atoms with van der Waals surface area (Å²) in [7, 11) is 0. The zero-order chi connectivity index (χ0) is 13.4. The maximum atomic E-state index is 12.9. The zero-order valence-corrected chi connectivity index (χ0v) is 11.2. The highest BCUT2D eigenvalue weighted by molar-refractivity contribution is 6.31. The number of amides is 1. The molecule has 18 heavy (non-hydrogen) atoms. The molecule has 0 atom stereocenters. The molecule has 1 rings (SSSR count). The summed E-state index contributed by atoms with van der Waals surface area (Å²) < 4.78 is 12.9. The molecule has 2 N–H and O–H groups in total. The van der Waals surface area contributed by atoms with Crippen LogP contribution in [0, 0.1) is 5.82 Å². The van der Waals surface area contributed by atoms with E-state index in [2.05, 4.69) is 17.6 Å². The Balaban J connectivity index is 2.24. The SMILES string of the molecule is CCCCNC(=O)CCNc1ccc(F)c(Cl)c1. The second kappa shape index (κ2) is 7.93. The lowest BCUT2D eigenvalue weighted by Crippen LogP contribution is -2.26. The first-order chi connectivity index (χ1) is 8.63. The number of rotatable bonds is 7. The van der Waals surface area contributed by atoms with Gasteiger partial charge in [0.1, 0.15) is 5.82 Å². The van der Waals surface area contributed by atoms with Gasteiger partial charge in [0.25, 0.3) is 0 Å². The molecule has 100 valence electrons. The van der Waals surface area contributed by atoms with Crippen molar-refractivity contribution in [1.29, 1.82) is 0 Å². The summed E-state index contributed by atoms with van der Waals surface area (Å²) in [6.45, 7) is 3.30. The fourth-order valence-corrected chi connectivity index (χ4v) is 1.60. The lowest BCUT2D eigenvalue weighted by molar-refractivity contribution is -0.120. The molecule has 0 aliphatic heterocycles. The molecule has 1 aromatic rings. The molecule has 0 aromatic heterocycles. The summed E-state index contributed by atoms with van der Waals surface area (Å²) in [5.74, 6) is -0.427. The van der Waals surface area contributed by atoms with E-state index in [0.29, 0.717) is 18.7 Å². The van der Waals surface area contributed by atoms with Gasteiger partial charge < -0.3 is 10.6 Å². The summed E-state index contributed by atoms with van der Waals surface area (Å²) in [4.78, 5) is 11.4. The molecular formula is C13H18ClFN2O. The molecule has 0 aliphatic carbocycles. The van der Waals surface area contributed by atoms with Crippen LogP contribution >= 0.6 is 11.6 Å². The van der Waals surface area contributed by atoms with Gasteiger partial charge in [0.2, 0.25) is 5.91 Å². The van der Waals surface area contributed by atoms with Crippen LogP contribution in [0.1, 0.15) is 26.2 Å². The van der Waals surface area contributed by atoms with E-state index in [4.69, 9.17) is 11.6 Å². The minimum atomic E-state index is -0.445. The minimum Gasteiger partial charge on any atom is -0.384 e. The van der Waals surface area contributed by atoms with Crippen LogP contribution < -0.4 is 10.6 Å². The van der Waals surface area contributed by atoms with Gasteiger partial charge in [-0.2, -0.15) is 0 Å². The van der Waals surface area contributed by atoms with E-state index >= 15 is 0 Å². The molecule has 1 amide bonds. The van der Waals surface area contributed by atoms with Gasteiger partial charge in [-0.15, -0.1) is 0 Å². The number of carbonyl (C=O) groups is 1. The fraction of sp³-hybridized carbons (Fsp3) is 0.462. The molecule has 3 nitrogen and oxygen atoms in total. The van der Waals surface area contributed by atoms with Crippen molar-refractivity contribution in [3.63, 3.8) is 0 Å². The molecule has 1 aromatic carbocycles. The van der Waals surface area contributed by atoms with Crippen LogP contribution in [-0.4, -0.2) is 19.0 Å². The number of hydrogen-bond acceptors (Lipinski definition) is 2. The first kappa shape index (κ1) is 14.8. The average molecular weight is 273 g/mol. The number of unbranched alkanes of at least 4 members (excludes halogenated alkanes) is 1. The Hall–Kier alpha value is -1.29. The number of carbonyl (C=O) groups excluding carboxylic acids is 1. The molecule has 0 radical (unpaired) electrons. The topological polar surface area (TPSA) is 41.1 Å². The van der Waals surface area contributed by atoms with Crippen molar-refractivity contribution in [3.8, 4) is 0 Å². The van der Waals surface area contributed by atoms with Crippen molar-refractivity contribution in [2.24, 2.45) is 0 Å². The van der Waals surface area contributed by atoms with Crippen molar-refractivity contribution in [3.05, 3.63) is 29.0 Å². The largest absolute Gasteiger partial charge is 0.384 e. The van der Waals surface area contributed by atoms with E-state index in [0.717, 1.165) is 19.4 Å². The first-order valence-corrected chi connectivity index (χ1v) is 6.47. The van der Waals surface area contributed by atoms with Crippen molar-refractivity contribution < 1.29 is 9.18 Å². The van der Waals surface area contributed by atoms with Gasteiger partial charge in [-0.25, -0.2) is 4.39 Å². The maximum Gasteiger partial charge on any atom is 0.221 e. The lowest BCUT2D eigenvalue weighted by Gasteiger charge is -2.07. The molecule has 0 aliphatic rings. The molecule has 5 heteroatoms. The van der Waals surface area contributed by atoms with Gasteiger partial charge in [-0.3, -0.25) is 4.79 Å². The highest BCUT2D eigenvalue weighted by atomic mass is 35.5. The lowest BCUT2D eigenvalue weighted by atomic mass is 10.3. The molecular weight excluding hydrogens is 255 g/mol. The predicted molar refractivity (Wildman–Crippen MR) is 72.4 cm³/mol. The molecule has 0 saturated heterocycles. The van der Waals surface area contributed by atoms with E-state index in [1.165, 1.54) is 12.1 Å². The molecule has 0 unspecified atom stereocenters. The monoisotopic (exact) mass is 272 g/mol. The van der Waals surface area contributed by atoms with Crippen molar-refractivity contribution in [2.45, 2.75) is 26.2 Å². The van der Waals surface area contributed by atoms with E-state index in [1.807, 2.05) is 0 Å². The highest BCUT2D eigenvalue weighted by Gasteiger charge is 2.02. The first-order valence-electron chi connectivity index (χ1n) is 6.09. The summed E-state index contributed by atoms with van der Waals surface area (Å²) in [6.07, 6.45) is 2.44. The predicted octanol–water partition coefficient (Wildman–Crippen LogP) is 3.20. The van der Waals surface area contributed by atoms with Gasteiger partial charge in [0.15, 0.2) is 0 Å². The Morgan fingerprint density at radius 1 is 1.39 bits per heavy atom. The van der Waals surface area contributed by atoms with Crippen molar-refractivity contribution in [2.75, 3.05) is 18.4 Å². The van der Waals surface area contributed by atoms with E-state index < -0.39 is 5.82 Å². The van der Waals surface area contributed by atoms with Crippen LogP contribution in [0.25, 0.3) is 0 Å². The highest BCUT2D eigenvalue weighted by Crippen LogP contribution is 2.19. The Kier molecular flexibility index (Phi) is 6.50. The summed E-state index contributed by atoms with van der Waals surface area (Å²) in [6, 6.07) is 4.40. The van der Waals surface area contributed by atoms with Gasteiger partial charge in [0.05, 0.1) is 5.02 Å². The van der Waals surface area contributed by atoms with Crippen LogP contribution in [-0.2, 0) is 4.79 Å². The second-order valence-corrected chi connectivity index (χ2v) is 4.42. The van der Waals surface area contributed by atoms with Crippen LogP contribution in [0.4, 0.5) is 10.1 Å². The standard InChI is InChI=1S/C13H18ClFN2O/c1-2-3-7-17-13(18)6-8-16-10-4-5-12(15)11(14)9-10/h4-5,9,16H,2-3,6-8H2,1H3,(H,17,18). The smallest absolute Gasteiger partial charge is 0.221 e. The summed E-state index contributed by atoms with van der Waals surface area (Å²) in [5, 5.41) is 5.92. The van der Waals surface area contributed by atoms with Crippen molar-refractivity contribution >= 4 is 23.2 Å². The third kappa shape index (κ3) is 5.36.